The fourth-order valence-corrected chi connectivity index (χ4v) is 2.18. The Morgan fingerprint density at radius 1 is 1.39 bits per heavy atom. The monoisotopic (exact) mass is 253 g/mol. The van der Waals surface area contributed by atoms with Gasteiger partial charge in [0.05, 0.1) is 6.61 Å². The molecular formula is C14H20FNO2. The minimum Gasteiger partial charge on any atom is -0.488 e. The zero-order chi connectivity index (χ0) is 12.8. The lowest BCUT2D eigenvalue weighted by molar-refractivity contribution is 0.0291. The van der Waals surface area contributed by atoms with Gasteiger partial charge >= 0.3 is 0 Å². The molecule has 1 unspecified atom stereocenters. The van der Waals surface area contributed by atoms with E-state index in [1.54, 1.807) is 12.1 Å². The van der Waals surface area contributed by atoms with Crippen LogP contribution in [0.15, 0.2) is 24.3 Å². The first-order chi connectivity index (χ1) is 8.79. The second kappa shape index (κ2) is 6.71. The maximum Gasteiger partial charge on any atom is 0.126 e. The average molecular weight is 253 g/mol. The van der Waals surface area contributed by atoms with Crippen molar-refractivity contribution in [3.05, 3.63) is 30.1 Å². The molecule has 1 aliphatic heterocycles. The number of rotatable bonds is 6. The van der Waals surface area contributed by atoms with Crippen LogP contribution in [0.3, 0.4) is 0 Å². The van der Waals surface area contributed by atoms with Crippen LogP contribution in [0.5, 0.6) is 5.75 Å². The second-order valence-electron chi connectivity index (χ2n) is 4.52. The van der Waals surface area contributed by atoms with Crippen LogP contribution >= 0.6 is 0 Å². The standard InChI is InChI=1S/C14H20FNO2/c1-2-17-10-14(11-7-8-16-9-11)18-13-5-3-12(15)4-6-13/h3-6,11,14,16H,2,7-10H2,1H3/t11?,14-/m0/s1. The lowest BCUT2D eigenvalue weighted by Gasteiger charge is -2.24. The Morgan fingerprint density at radius 2 is 2.17 bits per heavy atom. The molecule has 1 heterocycles. The first kappa shape index (κ1) is 13.3. The summed E-state index contributed by atoms with van der Waals surface area (Å²) in [6.45, 7) is 5.23. The molecule has 100 valence electrons. The van der Waals surface area contributed by atoms with Gasteiger partial charge in [0, 0.05) is 19.1 Å². The van der Waals surface area contributed by atoms with Crippen LogP contribution in [0.1, 0.15) is 13.3 Å². The third-order valence-electron chi connectivity index (χ3n) is 3.21. The highest BCUT2D eigenvalue weighted by atomic mass is 19.1. The summed E-state index contributed by atoms with van der Waals surface area (Å²) >= 11 is 0. The number of hydrogen-bond acceptors (Lipinski definition) is 3. The second-order valence-corrected chi connectivity index (χ2v) is 4.52. The summed E-state index contributed by atoms with van der Waals surface area (Å²) in [6.07, 6.45) is 1.13. The normalized spacial score (nSPS) is 20.9. The Kier molecular flexibility index (Phi) is 4.96. The third kappa shape index (κ3) is 3.68. The minimum absolute atomic E-state index is 0.0328. The zero-order valence-corrected chi connectivity index (χ0v) is 10.7. The van der Waals surface area contributed by atoms with Crippen molar-refractivity contribution in [2.75, 3.05) is 26.3 Å². The van der Waals surface area contributed by atoms with Crippen molar-refractivity contribution in [1.29, 1.82) is 0 Å². The van der Waals surface area contributed by atoms with Crippen molar-refractivity contribution in [3.63, 3.8) is 0 Å². The SMILES string of the molecule is CCOC[C@H](Oc1ccc(F)cc1)C1CCNC1. The fraction of sp³-hybridized carbons (Fsp3) is 0.571. The molecule has 0 aromatic heterocycles. The van der Waals surface area contributed by atoms with E-state index in [4.69, 9.17) is 9.47 Å². The molecular weight excluding hydrogens is 233 g/mol. The Bertz CT molecular complexity index is 349. The third-order valence-corrected chi connectivity index (χ3v) is 3.21. The largest absolute Gasteiger partial charge is 0.488 e. The number of hydrogen-bond donors (Lipinski definition) is 1. The van der Waals surface area contributed by atoms with Gasteiger partial charge in [-0.3, -0.25) is 0 Å². The molecule has 1 aliphatic rings. The van der Waals surface area contributed by atoms with Crippen LogP contribution in [0.2, 0.25) is 0 Å². The van der Waals surface area contributed by atoms with Crippen LogP contribution in [0.25, 0.3) is 0 Å². The molecule has 0 amide bonds. The molecule has 0 saturated carbocycles. The minimum atomic E-state index is -0.244. The topological polar surface area (TPSA) is 30.5 Å². The number of ether oxygens (including phenoxy) is 2. The van der Waals surface area contributed by atoms with Crippen molar-refractivity contribution in [2.45, 2.75) is 19.4 Å². The summed E-state index contributed by atoms with van der Waals surface area (Å²) in [4.78, 5) is 0. The molecule has 0 bridgehead atoms. The maximum absolute atomic E-state index is 12.8. The van der Waals surface area contributed by atoms with Crippen LogP contribution in [-0.2, 0) is 4.74 Å². The molecule has 1 fully saturated rings. The van der Waals surface area contributed by atoms with E-state index >= 15 is 0 Å². The van der Waals surface area contributed by atoms with Gasteiger partial charge in [0.1, 0.15) is 17.7 Å². The highest BCUT2D eigenvalue weighted by Crippen LogP contribution is 2.20. The van der Waals surface area contributed by atoms with E-state index in [1.807, 2.05) is 6.92 Å². The predicted molar refractivity (Wildman–Crippen MR) is 68.3 cm³/mol. The van der Waals surface area contributed by atoms with Crippen molar-refractivity contribution >= 4 is 0 Å². The zero-order valence-electron chi connectivity index (χ0n) is 10.7. The van der Waals surface area contributed by atoms with E-state index in [2.05, 4.69) is 5.32 Å². The van der Waals surface area contributed by atoms with Gasteiger partial charge < -0.3 is 14.8 Å². The van der Waals surface area contributed by atoms with Crippen molar-refractivity contribution in [2.24, 2.45) is 5.92 Å². The van der Waals surface area contributed by atoms with Gasteiger partial charge in [-0.1, -0.05) is 0 Å². The lowest BCUT2D eigenvalue weighted by atomic mass is 10.0. The van der Waals surface area contributed by atoms with E-state index in [9.17, 15) is 4.39 Å². The van der Waals surface area contributed by atoms with E-state index in [0.717, 1.165) is 19.5 Å². The summed E-state index contributed by atoms with van der Waals surface area (Å²) in [5.41, 5.74) is 0. The van der Waals surface area contributed by atoms with E-state index in [1.165, 1.54) is 12.1 Å². The van der Waals surface area contributed by atoms with Gasteiger partial charge in [-0.2, -0.15) is 0 Å². The van der Waals surface area contributed by atoms with Crippen LogP contribution in [0.4, 0.5) is 4.39 Å². The fourth-order valence-electron chi connectivity index (χ4n) is 2.18. The van der Waals surface area contributed by atoms with Gasteiger partial charge in [0.2, 0.25) is 0 Å². The molecule has 1 aromatic rings. The summed E-state index contributed by atoms with van der Waals surface area (Å²) in [7, 11) is 0. The molecule has 0 aliphatic carbocycles. The van der Waals surface area contributed by atoms with Crippen LogP contribution in [0, 0.1) is 11.7 Å². The maximum atomic E-state index is 12.8. The molecule has 1 aromatic carbocycles. The Morgan fingerprint density at radius 3 is 2.78 bits per heavy atom. The van der Waals surface area contributed by atoms with E-state index < -0.39 is 0 Å². The van der Waals surface area contributed by atoms with Crippen molar-refractivity contribution in [3.8, 4) is 5.75 Å². The molecule has 1 N–H and O–H groups in total. The molecule has 3 nitrogen and oxygen atoms in total. The van der Waals surface area contributed by atoms with Crippen molar-refractivity contribution in [1.82, 2.24) is 5.32 Å². The van der Waals surface area contributed by atoms with Crippen LogP contribution < -0.4 is 10.1 Å². The van der Waals surface area contributed by atoms with E-state index in [-0.39, 0.29) is 11.9 Å². The lowest BCUT2D eigenvalue weighted by Crippen LogP contribution is -2.33. The summed E-state index contributed by atoms with van der Waals surface area (Å²) in [5, 5.41) is 3.33. The molecule has 18 heavy (non-hydrogen) atoms. The quantitative estimate of drug-likeness (QED) is 0.843. The highest BCUT2D eigenvalue weighted by Gasteiger charge is 2.26. The van der Waals surface area contributed by atoms with Crippen molar-refractivity contribution < 1.29 is 13.9 Å². The molecule has 0 radical (unpaired) electrons. The average Bonchev–Trinajstić information content (AvgIpc) is 2.90. The van der Waals surface area contributed by atoms with Gasteiger partial charge in [-0.05, 0) is 44.2 Å². The smallest absolute Gasteiger partial charge is 0.126 e. The van der Waals surface area contributed by atoms with Crippen LogP contribution in [-0.4, -0.2) is 32.4 Å². The number of halogens is 1. The van der Waals surface area contributed by atoms with Gasteiger partial charge in [0.25, 0.3) is 0 Å². The Balaban J connectivity index is 1.97. The number of benzene rings is 1. The summed E-state index contributed by atoms with van der Waals surface area (Å²) in [5.74, 6) is 0.917. The van der Waals surface area contributed by atoms with Gasteiger partial charge in [0.15, 0.2) is 0 Å². The Labute approximate surface area is 107 Å². The highest BCUT2D eigenvalue weighted by molar-refractivity contribution is 5.22. The Hall–Kier alpha value is -1.13. The first-order valence-electron chi connectivity index (χ1n) is 6.50. The molecule has 0 spiro atoms. The predicted octanol–water partition coefficient (Wildman–Crippen LogP) is 2.22. The molecule has 2 rings (SSSR count). The van der Waals surface area contributed by atoms with Gasteiger partial charge in [-0.15, -0.1) is 0 Å². The summed E-state index contributed by atoms with van der Waals surface area (Å²) < 4.78 is 24.2. The van der Waals surface area contributed by atoms with E-state index in [0.29, 0.717) is 24.9 Å². The van der Waals surface area contributed by atoms with Gasteiger partial charge in [-0.25, -0.2) is 4.39 Å². The molecule has 4 heteroatoms. The summed E-state index contributed by atoms with van der Waals surface area (Å²) in [6, 6.07) is 6.16. The number of nitrogens with one attached hydrogen (secondary N) is 1. The molecule has 1 saturated heterocycles. The first-order valence-corrected chi connectivity index (χ1v) is 6.50. The molecule has 2 atom stereocenters.